The molecule has 0 unspecified atom stereocenters. The van der Waals surface area contributed by atoms with E-state index in [0.717, 1.165) is 63.9 Å². The fourth-order valence-electron chi connectivity index (χ4n) is 11.2. The SMILES string of the molecule is Cc1cc2c3c(c1)N(c1ccc(C(C)(C)C)cc1)c1c(oc4cc5c(cc14)C(C)(C)CCC5(C)C)B3c1ccc(N(c3ccccc3)c3ccccc3)cc1N2c1ccc(C(C)(C)C)cc1. The summed E-state index contributed by atoms with van der Waals surface area (Å²) in [6.07, 6.45) is 2.29. The summed E-state index contributed by atoms with van der Waals surface area (Å²) in [7, 11) is 0. The Balaban J connectivity index is 1.23. The molecule has 0 N–H and O–H groups in total. The standard InChI is InChI=1S/C61H62BN3O/c1-39-34-52-55-53(35-39)65(45-28-24-41(25-29-45)59(5,6)7)56-47-37-48-49(61(10,11)33-32-60(48,8)9)38-54(47)66-57(56)62(55)50-31-30-46(63(42-18-14-12-15-19-42)43-20-16-13-17-21-43)36-51(50)64(52)44-26-22-40(23-27-44)58(2,3)4/h12-31,34-38H,32-33H2,1-11H3. The summed E-state index contributed by atoms with van der Waals surface area (Å²) in [5, 5.41) is 1.18. The Morgan fingerprint density at radius 2 is 1.03 bits per heavy atom. The third kappa shape index (κ3) is 6.71. The van der Waals surface area contributed by atoms with Gasteiger partial charge in [-0.05, 0) is 165 Å². The summed E-state index contributed by atoms with van der Waals surface area (Å²) in [6, 6.07) is 57.0. The molecule has 8 aromatic rings. The van der Waals surface area contributed by atoms with Crippen LogP contribution in [0.25, 0.3) is 11.0 Å². The van der Waals surface area contributed by atoms with Gasteiger partial charge in [0.15, 0.2) is 0 Å². The van der Waals surface area contributed by atoms with Gasteiger partial charge in [-0.1, -0.05) is 136 Å². The second-order valence-electron chi connectivity index (χ2n) is 22.6. The van der Waals surface area contributed by atoms with Crippen molar-refractivity contribution in [3.8, 4) is 0 Å². The van der Waals surface area contributed by atoms with Gasteiger partial charge in [0.25, 0.3) is 6.71 Å². The van der Waals surface area contributed by atoms with E-state index in [2.05, 4.69) is 243 Å². The average molecular weight is 864 g/mol. The first-order chi connectivity index (χ1) is 31.4. The van der Waals surface area contributed by atoms with Crippen LogP contribution in [-0.2, 0) is 21.7 Å². The quantitative estimate of drug-likeness (QED) is 0.161. The fourth-order valence-corrected chi connectivity index (χ4v) is 11.2. The topological polar surface area (TPSA) is 22.9 Å². The summed E-state index contributed by atoms with van der Waals surface area (Å²) in [6.45, 7) is 25.5. The summed E-state index contributed by atoms with van der Waals surface area (Å²) < 4.78 is 7.52. The zero-order valence-electron chi connectivity index (χ0n) is 40.7. The maximum absolute atomic E-state index is 7.52. The highest BCUT2D eigenvalue weighted by atomic mass is 16.3. The molecule has 1 aromatic heterocycles. The van der Waals surface area contributed by atoms with Crippen LogP contribution >= 0.6 is 0 Å². The number of fused-ring (bicyclic) bond motifs is 7. The highest BCUT2D eigenvalue weighted by Crippen LogP contribution is 2.52. The van der Waals surface area contributed by atoms with E-state index in [1.54, 1.807) is 0 Å². The van der Waals surface area contributed by atoms with Crippen LogP contribution in [0.1, 0.15) is 110 Å². The molecule has 0 spiro atoms. The maximum atomic E-state index is 7.52. The van der Waals surface area contributed by atoms with E-state index in [9.17, 15) is 0 Å². The zero-order chi connectivity index (χ0) is 46.1. The number of furan rings is 1. The minimum absolute atomic E-state index is 0.0232. The Kier molecular flexibility index (Phi) is 9.45. The summed E-state index contributed by atoms with van der Waals surface area (Å²) in [4.78, 5) is 7.44. The molecule has 3 heterocycles. The lowest BCUT2D eigenvalue weighted by atomic mass is 9.35. The largest absolute Gasteiger partial charge is 0.468 e. The van der Waals surface area contributed by atoms with Crippen LogP contribution in [0.4, 0.5) is 51.2 Å². The average Bonchev–Trinajstić information content (AvgIpc) is 3.66. The minimum Gasteiger partial charge on any atom is -0.468 e. The Morgan fingerprint density at radius 3 is 1.56 bits per heavy atom. The van der Waals surface area contributed by atoms with Crippen LogP contribution < -0.4 is 31.3 Å². The number of anilines is 9. The molecule has 0 saturated carbocycles. The first kappa shape index (κ1) is 42.2. The van der Waals surface area contributed by atoms with Gasteiger partial charge in [0.1, 0.15) is 5.58 Å². The van der Waals surface area contributed by atoms with Gasteiger partial charge in [0.2, 0.25) is 0 Å². The fraction of sp³-hybridized carbons (Fsp3) is 0.279. The molecule has 5 heteroatoms. The van der Waals surface area contributed by atoms with E-state index in [1.165, 1.54) is 55.5 Å². The number of para-hydroxylation sites is 2. The van der Waals surface area contributed by atoms with Crippen molar-refractivity contribution >= 4 is 85.5 Å². The molecular formula is C61H62BN3O. The van der Waals surface area contributed by atoms with Crippen LogP contribution in [0, 0.1) is 6.92 Å². The number of hydrogen-bond acceptors (Lipinski definition) is 4. The Hall–Kier alpha value is -6.46. The molecule has 11 rings (SSSR count). The van der Waals surface area contributed by atoms with E-state index in [-0.39, 0.29) is 28.4 Å². The van der Waals surface area contributed by atoms with Crippen molar-refractivity contribution in [3.05, 3.63) is 179 Å². The Morgan fingerprint density at radius 1 is 0.530 bits per heavy atom. The number of nitrogens with zero attached hydrogens (tertiary/aromatic N) is 3. The Bertz CT molecular complexity index is 3130. The van der Waals surface area contributed by atoms with Crippen molar-refractivity contribution in [1.29, 1.82) is 0 Å². The molecule has 0 radical (unpaired) electrons. The number of hydrogen-bond donors (Lipinski definition) is 0. The molecular weight excluding hydrogens is 802 g/mol. The van der Waals surface area contributed by atoms with Gasteiger partial charge in [-0.15, -0.1) is 0 Å². The molecule has 4 nitrogen and oxygen atoms in total. The van der Waals surface area contributed by atoms with Crippen LogP contribution in [0.3, 0.4) is 0 Å². The van der Waals surface area contributed by atoms with Crippen molar-refractivity contribution < 1.29 is 4.42 Å². The lowest BCUT2D eigenvalue weighted by Crippen LogP contribution is -2.61. The van der Waals surface area contributed by atoms with E-state index in [4.69, 9.17) is 4.42 Å². The first-order valence-corrected chi connectivity index (χ1v) is 24.0. The molecule has 330 valence electrons. The molecule has 0 saturated heterocycles. The van der Waals surface area contributed by atoms with Gasteiger partial charge in [-0.25, -0.2) is 0 Å². The van der Waals surface area contributed by atoms with Crippen LogP contribution in [0.2, 0.25) is 0 Å². The zero-order valence-corrected chi connectivity index (χ0v) is 40.7. The normalized spacial score (nSPS) is 15.8. The molecule has 7 aromatic carbocycles. The van der Waals surface area contributed by atoms with Gasteiger partial charge in [-0.3, -0.25) is 0 Å². The molecule has 3 aliphatic rings. The maximum Gasteiger partial charge on any atom is 0.297 e. The second kappa shape index (κ2) is 14.8. The van der Waals surface area contributed by atoms with Gasteiger partial charge in [0, 0.05) is 50.9 Å². The molecule has 66 heavy (non-hydrogen) atoms. The van der Waals surface area contributed by atoms with Crippen molar-refractivity contribution in [3.63, 3.8) is 0 Å². The lowest BCUT2D eigenvalue weighted by molar-refractivity contribution is 0.332. The highest BCUT2D eigenvalue weighted by Gasteiger charge is 2.48. The molecule has 0 fully saturated rings. The monoisotopic (exact) mass is 863 g/mol. The predicted molar refractivity (Wildman–Crippen MR) is 282 cm³/mol. The summed E-state index contributed by atoms with van der Waals surface area (Å²) in [5.41, 5.74) is 21.5. The van der Waals surface area contributed by atoms with E-state index >= 15 is 0 Å². The number of benzene rings is 7. The van der Waals surface area contributed by atoms with E-state index < -0.39 is 0 Å². The first-order valence-electron chi connectivity index (χ1n) is 24.0. The molecule has 0 amide bonds. The smallest absolute Gasteiger partial charge is 0.297 e. The van der Waals surface area contributed by atoms with Gasteiger partial charge >= 0.3 is 0 Å². The molecule has 0 bridgehead atoms. The Labute approximate surface area is 393 Å². The highest BCUT2D eigenvalue weighted by molar-refractivity contribution is 7.00. The third-order valence-electron chi connectivity index (χ3n) is 15.0. The molecule has 2 aliphatic heterocycles. The van der Waals surface area contributed by atoms with Crippen LogP contribution in [0.15, 0.2) is 156 Å². The summed E-state index contributed by atoms with van der Waals surface area (Å²) in [5.74, 6) is 0. The van der Waals surface area contributed by atoms with Crippen molar-refractivity contribution in [2.24, 2.45) is 0 Å². The number of rotatable bonds is 5. The molecule has 1 aliphatic carbocycles. The second-order valence-corrected chi connectivity index (χ2v) is 22.6. The third-order valence-corrected chi connectivity index (χ3v) is 15.0. The van der Waals surface area contributed by atoms with Crippen molar-refractivity contribution in [2.45, 2.75) is 111 Å². The van der Waals surface area contributed by atoms with E-state index in [0.29, 0.717) is 0 Å². The summed E-state index contributed by atoms with van der Waals surface area (Å²) >= 11 is 0. The van der Waals surface area contributed by atoms with Gasteiger partial charge in [-0.2, -0.15) is 0 Å². The lowest BCUT2D eigenvalue weighted by Gasteiger charge is -2.43. The van der Waals surface area contributed by atoms with Gasteiger partial charge < -0.3 is 19.1 Å². The predicted octanol–water partition coefficient (Wildman–Crippen LogP) is 15.2. The molecule has 0 atom stereocenters. The van der Waals surface area contributed by atoms with Crippen molar-refractivity contribution in [2.75, 3.05) is 14.7 Å². The van der Waals surface area contributed by atoms with Crippen LogP contribution in [-0.4, -0.2) is 6.71 Å². The van der Waals surface area contributed by atoms with Crippen LogP contribution in [0.5, 0.6) is 0 Å². The van der Waals surface area contributed by atoms with Gasteiger partial charge in [0.05, 0.1) is 11.3 Å². The minimum atomic E-state index is -0.155. The van der Waals surface area contributed by atoms with Crippen molar-refractivity contribution in [1.82, 2.24) is 0 Å². The number of aryl methyl sites for hydroxylation is 1. The van der Waals surface area contributed by atoms with E-state index in [1.807, 2.05) is 0 Å².